The number of piperidine rings is 1. The van der Waals surface area contributed by atoms with E-state index in [1.165, 1.54) is 18.2 Å². The minimum atomic E-state index is 0.228. The van der Waals surface area contributed by atoms with Gasteiger partial charge in [0.15, 0.2) is 0 Å². The monoisotopic (exact) mass is 278 g/mol. The number of para-hydroxylation sites is 1. The van der Waals surface area contributed by atoms with Gasteiger partial charge in [0.05, 0.1) is 5.75 Å². The minimum absolute atomic E-state index is 0.228. The van der Waals surface area contributed by atoms with Crippen LogP contribution in [0, 0.1) is 11.8 Å². The summed E-state index contributed by atoms with van der Waals surface area (Å²) in [6, 6.07) is 7.70. The number of carbonyl (C=O) groups excluding carboxylic acids is 1. The standard InChI is InChI=1S/C15H22N2OS/c1-11-7-12(2)9-17(8-11)15(18)10-19-14-6-4-3-5-13(14)16/h3-6,11-12H,7-10,16H2,1-2H3. The molecule has 0 radical (unpaired) electrons. The third-order valence-electron chi connectivity index (χ3n) is 3.49. The number of thioether (sulfide) groups is 1. The number of hydrogen-bond donors (Lipinski definition) is 1. The normalized spacial score (nSPS) is 23.4. The first-order valence-corrected chi connectivity index (χ1v) is 7.80. The largest absolute Gasteiger partial charge is 0.398 e. The Balaban J connectivity index is 1.89. The first-order chi connectivity index (χ1) is 9.06. The van der Waals surface area contributed by atoms with Crippen LogP contribution in [0.1, 0.15) is 20.3 Å². The summed E-state index contributed by atoms with van der Waals surface area (Å²) in [5.41, 5.74) is 6.63. The van der Waals surface area contributed by atoms with Gasteiger partial charge in [-0.2, -0.15) is 0 Å². The van der Waals surface area contributed by atoms with Crippen LogP contribution in [0.5, 0.6) is 0 Å². The maximum atomic E-state index is 12.2. The van der Waals surface area contributed by atoms with Crippen molar-refractivity contribution in [2.24, 2.45) is 11.8 Å². The number of nitrogens with two attached hydrogens (primary N) is 1. The third kappa shape index (κ3) is 3.90. The molecule has 1 aliphatic heterocycles. The van der Waals surface area contributed by atoms with Gasteiger partial charge in [-0.1, -0.05) is 26.0 Å². The predicted molar refractivity (Wildman–Crippen MR) is 81.1 cm³/mol. The highest BCUT2D eigenvalue weighted by Gasteiger charge is 2.25. The molecule has 1 aliphatic rings. The van der Waals surface area contributed by atoms with E-state index in [1.54, 1.807) is 0 Å². The van der Waals surface area contributed by atoms with Crippen LogP contribution >= 0.6 is 11.8 Å². The molecule has 1 fully saturated rings. The zero-order valence-corrected chi connectivity index (χ0v) is 12.5. The number of nitrogens with zero attached hydrogens (tertiary/aromatic N) is 1. The highest BCUT2D eigenvalue weighted by atomic mass is 32.2. The SMILES string of the molecule is CC1CC(C)CN(C(=O)CSc2ccccc2N)C1. The highest BCUT2D eigenvalue weighted by molar-refractivity contribution is 8.00. The number of rotatable bonds is 3. The second kappa shape index (κ2) is 6.33. The third-order valence-corrected chi connectivity index (χ3v) is 4.57. The molecule has 0 aromatic heterocycles. The molecular formula is C15H22N2OS. The number of amides is 1. The van der Waals surface area contributed by atoms with Gasteiger partial charge < -0.3 is 10.6 Å². The summed E-state index contributed by atoms with van der Waals surface area (Å²) in [6.07, 6.45) is 1.22. The molecule has 0 spiro atoms. The van der Waals surface area contributed by atoms with Crippen LogP contribution in [-0.2, 0) is 4.79 Å². The van der Waals surface area contributed by atoms with E-state index in [1.807, 2.05) is 29.2 Å². The molecule has 1 aromatic carbocycles. The maximum absolute atomic E-state index is 12.2. The van der Waals surface area contributed by atoms with E-state index in [2.05, 4.69) is 13.8 Å². The van der Waals surface area contributed by atoms with Gasteiger partial charge in [0.2, 0.25) is 5.91 Å². The van der Waals surface area contributed by atoms with E-state index >= 15 is 0 Å². The zero-order chi connectivity index (χ0) is 13.8. The molecule has 1 amide bonds. The van der Waals surface area contributed by atoms with Crippen molar-refractivity contribution in [3.8, 4) is 0 Å². The van der Waals surface area contributed by atoms with Crippen LogP contribution in [0.4, 0.5) is 5.69 Å². The number of nitrogen functional groups attached to an aromatic ring is 1. The number of benzene rings is 1. The fraction of sp³-hybridized carbons (Fsp3) is 0.533. The molecule has 1 heterocycles. The van der Waals surface area contributed by atoms with Crippen molar-refractivity contribution in [2.45, 2.75) is 25.2 Å². The maximum Gasteiger partial charge on any atom is 0.232 e. The summed E-state index contributed by atoms with van der Waals surface area (Å²) in [5, 5.41) is 0. The van der Waals surface area contributed by atoms with Gasteiger partial charge in [0.1, 0.15) is 0 Å². The van der Waals surface area contributed by atoms with E-state index in [9.17, 15) is 4.79 Å². The number of likely N-dealkylation sites (tertiary alicyclic amines) is 1. The molecule has 104 valence electrons. The Kier molecular flexibility index (Phi) is 4.75. The fourth-order valence-electron chi connectivity index (χ4n) is 2.71. The lowest BCUT2D eigenvalue weighted by Gasteiger charge is -2.35. The summed E-state index contributed by atoms with van der Waals surface area (Å²) < 4.78 is 0. The second-order valence-corrected chi connectivity index (χ2v) is 6.59. The highest BCUT2D eigenvalue weighted by Crippen LogP contribution is 2.26. The van der Waals surface area contributed by atoms with E-state index in [0.29, 0.717) is 17.6 Å². The van der Waals surface area contributed by atoms with Gasteiger partial charge in [-0.3, -0.25) is 4.79 Å². The Morgan fingerprint density at radius 1 is 1.32 bits per heavy atom. The van der Waals surface area contributed by atoms with Crippen LogP contribution < -0.4 is 5.73 Å². The molecule has 2 unspecified atom stereocenters. The number of carbonyl (C=O) groups is 1. The molecule has 3 nitrogen and oxygen atoms in total. The smallest absolute Gasteiger partial charge is 0.232 e. The predicted octanol–water partition coefficient (Wildman–Crippen LogP) is 2.87. The molecule has 0 saturated carbocycles. The molecule has 0 bridgehead atoms. The number of hydrogen-bond acceptors (Lipinski definition) is 3. The van der Waals surface area contributed by atoms with E-state index in [4.69, 9.17) is 5.73 Å². The Labute approximate surface area is 119 Å². The summed E-state index contributed by atoms with van der Waals surface area (Å²) in [4.78, 5) is 15.2. The Morgan fingerprint density at radius 3 is 2.58 bits per heavy atom. The van der Waals surface area contributed by atoms with Crippen LogP contribution in [0.2, 0.25) is 0 Å². The van der Waals surface area contributed by atoms with Crippen molar-refractivity contribution < 1.29 is 4.79 Å². The molecule has 0 aliphatic carbocycles. The molecule has 1 saturated heterocycles. The Bertz CT molecular complexity index is 440. The lowest BCUT2D eigenvalue weighted by Crippen LogP contribution is -2.43. The van der Waals surface area contributed by atoms with E-state index in [0.717, 1.165) is 23.7 Å². The summed E-state index contributed by atoms with van der Waals surface area (Å²) in [6.45, 7) is 6.23. The van der Waals surface area contributed by atoms with Crippen molar-refractivity contribution in [3.63, 3.8) is 0 Å². The van der Waals surface area contributed by atoms with Gasteiger partial charge >= 0.3 is 0 Å². The second-order valence-electron chi connectivity index (χ2n) is 5.57. The summed E-state index contributed by atoms with van der Waals surface area (Å²) in [7, 11) is 0. The molecule has 2 atom stereocenters. The molecule has 2 N–H and O–H groups in total. The molecule has 1 aromatic rings. The zero-order valence-electron chi connectivity index (χ0n) is 11.6. The van der Waals surface area contributed by atoms with Crippen LogP contribution in [0.3, 0.4) is 0 Å². The van der Waals surface area contributed by atoms with Gasteiger partial charge in [-0.25, -0.2) is 0 Å². The first-order valence-electron chi connectivity index (χ1n) is 6.81. The van der Waals surface area contributed by atoms with Crippen molar-refractivity contribution >= 4 is 23.4 Å². The lowest BCUT2D eigenvalue weighted by molar-refractivity contribution is -0.130. The van der Waals surface area contributed by atoms with Gasteiger partial charge in [-0.15, -0.1) is 11.8 Å². The lowest BCUT2D eigenvalue weighted by atomic mass is 9.92. The topological polar surface area (TPSA) is 46.3 Å². The van der Waals surface area contributed by atoms with Gasteiger partial charge in [-0.05, 0) is 30.4 Å². The Morgan fingerprint density at radius 2 is 1.95 bits per heavy atom. The first kappa shape index (κ1) is 14.3. The van der Waals surface area contributed by atoms with Crippen molar-refractivity contribution in [2.75, 3.05) is 24.6 Å². The summed E-state index contributed by atoms with van der Waals surface area (Å²) in [5.74, 6) is 1.93. The Hall–Kier alpha value is -1.16. The molecule has 2 rings (SSSR count). The average molecular weight is 278 g/mol. The van der Waals surface area contributed by atoms with Crippen molar-refractivity contribution in [1.82, 2.24) is 4.90 Å². The van der Waals surface area contributed by atoms with Crippen molar-refractivity contribution in [1.29, 1.82) is 0 Å². The average Bonchev–Trinajstić information content (AvgIpc) is 2.36. The summed E-state index contributed by atoms with van der Waals surface area (Å²) >= 11 is 1.54. The van der Waals surface area contributed by atoms with E-state index < -0.39 is 0 Å². The molecule has 4 heteroatoms. The fourth-order valence-corrected chi connectivity index (χ4v) is 3.58. The van der Waals surface area contributed by atoms with Crippen LogP contribution in [0.25, 0.3) is 0 Å². The van der Waals surface area contributed by atoms with Gasteiger partial charge in [0.25, 0.3) is 0 Å². The molecule has 19 heavy (non-hydrogen) atoms. The van der Waals surface area contributed by atoms with Crippen molar-refractivity contribution in [3.05, 3.63) is 24.3 Å². The quantitative estimate of drug-likeness (QED) is 0.683. The van der Waals surface area contributed by atoms with Crippen LogP contribution in [-0.4, -0.2) is 29.6 Å². The van der Waals surface area contributed by atoms with Crippen LogP contribution in [0.15, 0.2) is 29.2 Å². The minimum Gasteiger partial charge on any atom is -0.398 e. The van der Waals surface area contributed by atoms with Gasteiger partial charge in [0, 0.05) is 23.7 Å². The molecular weight excluding hydrogens is 256 g/mol. The number of anilines is 1. The van der Waals surface area contributed by atoms with E-state index in [-0.39, 0.29) is 5.91 Å².